The van der Waals surface area contributed by atoms with Crippen LogP contribution in [-0.4, -0.2) is 30.0 Å². The number of anilines is 2. The van der Waals surface area contributed by atoms with Gasteiger partial charge < -0.3 is 20.5 Å². The molecule has 3 N–H and O–H groups in total. The molecule has 2 saturated carbocycles. The van der Waals surface area contributed by atoms with E-state index in [1.807, 2.05) is 0 Å². The molecule has 2 fully saturated rings. The fraction of sp³-hybridized carbons (Fsp3) is 0.500. The summed E-state index contributed by atoms with van der Waals surface area (Å²) in [5.74, 6) is -2.14. The number of rotatable bonds is 6. The number of hydrogen-bond acceptors (Lipinski definition) is 4. The van der Waals surface area contributed by atoms with Crippen LogP contribution in [0.25, 0.3) is 0 Å². The Kier molecular flexibility index (Phi) is 4.18. The van der Waals surface area contributed by atoms with E-state index in [-0.39, 0.29) is 17.7 Å². The monoisotopic (exact) mass is 346 g/mol. The molecule has 0 bridgehead atoms. The van der Waals surface area contributed by atoms with Crippen LogP contribution >= 0.6 is 0 Å². The molecule has 0 radical (unpaired) electrons. The summed E-state index contributed by atoms with van der Waals surface area (Å²) in [6.07, 6.45) is 1.80. The van der Waals surface area contributed by atoms with Gasteiger partial charge in [-0.15, -0.1) is 0 Å². The molecule has 3 rings (SSSR count). The second kappa shape index (κ2) is 6.06. The van der Waals surface area contributed by atoms with Crippen LogP contribution in [0.1, 0.15) is 26.7 Å². The van der Waals surface area contributed by atoms with Crippen LogP contribution < -0.4 is 15.4 Å². The maximum absolute atomic E-state index is 12.5. The molecule has 2 atom stereocenters. The summed E-state index contributed by atoms with van der Waals surface area (Å²) in [6.45, 7) is 3.53. The first-order chi connectivity index (χ1) is 11.8. The molecule has 2 amide bonds. The number of carboxylic acids is 1. The van der Waals surface area contributed by atoms with E-state index in [0.29, 0.717) is 17.1 Å². The number of nitrogens with one attached hydrogen (secondary N) is 2. The lowest BCUT2D eigenvalue weighted by atomic mass is 10.1. The van der Waals surface area contributed by atoms with Gasteiger partial charge in [0.1, 0.15) is 5.75 Å². The van der Waals surface area contributed by atoms with Crippen LogP contribution in [0.15, 0.2) is 18.2 Å². The van der Waals surface area contributed by atoms with Crippen molar-refractivity contribution >= 4 is 29.2 Å². The third-order valence-electron chi connectivity index (χ3n) is 5.05. The van der Waals surface area contributed by atoms with Gasteiger partial charge in [-0.05, 0) is 36.5 Å². The molecule has 134 valence electrons. The first kappa shape index (κ1) is 17.3. The van der Waals surface area contributed by atoms with Gasteiger partial charge >= 0.3 is 5.97 Å². The summed E-state index contributed by atoms with van der Waals surface area (Å²) < 4.78 is 5.25. The minimum absolute atomic E-state index is 0.0308. The Labute approximate surface area is 145 Å². The van der Waals surface area contributed by atoms with E-state index in [1.165, 1.54) is 7.11 Å². The van der Waals surface area contributed by atoms with Gasteiger partial charge in [0.25, 0.3) is 0 Å². The summed E-state index contributed by atoms with van der Waals surface area (Å²) in [6, 6.07) is 4.99. The van der Waals surface area contributed by atoms with Gasteiger partial charge in [0.15, 0.2) is 0 Å². The van der Waals surface area contributed by atoms with Crippen molar-refractivity contribution in [2.75, 3.05) is 17.7 Å². The summed E-state index contributed by atoms with van der Waals surface area (Å²) in [4.78, 5) is 35.7. The topological polar surface area (TPSA) is 105 Å². The van der Waals surface area contributed by atoms with Gasteiger partial charge in [-0.3, -0.25) is 14.4 Å². The Balaban J connectivity index is 1.75. The number of carboxylic acid groups (broad SMARTS) is 1. The summed E-state index contributed by atoms with van der Waals surface area (Å²) in [5.41, 5.74) is 0.395. The van der Waals surface area contributed by atoms with E-state index in [2.05, 4.69) is 10.6 Å². The molecule has 7 heteroatoms. The highest BCUT2D eigenvalue weighted by Gasteiger charge is 2.65. The smallest absolute Gasteiger partial charge is 0.307 e. The van der Waals surface area contributed by atoms with Gasteiger partial charge in [0.2, 0.25) is 11.8 Å². The molecular formula is C18H22N2O5. The fourth-order valence-corrected chi connectivity index (χ4v) is 3.27. The van der Waals surface area contributed by atoms with E-state index < -0.39 is 23.2 Å². The second-order valence-corrected chi connectivity index (χ2v) is 7.28. The Bertz CT molecular complexity index is 739. The van der Waals surface area contributed by atoms with Gasteiger partial charge in [-0.1, -0.05) is 13.8 Å². The van der Waals surface area contributed by atoms with Crippen LogP contribution in [-0.2, 0) is 14.4 Å². The number of carbonyl (C=O) groups is 3. The Morgan fingerprint density at radius 2 is 1.80 bits per heavy atom. The van der Waals surface area contributed by atoms with Crippen molar-refractivity contribution in [1.82, 2.24) is 0 Å². The Morgan fingerprint density at radius 3 is 2.32 bits per heavy atom. The number of amides is 2. The third kappa shape index (κ3) is 3.31. The largest absolute Gasteiger partial charge is 0.495 e. The molecule has 0 heterocycles. The zero-order chi connectivity index (χ0) is 18.4. The number of hydrogen-bond donors (Lipinski definition) is 3. The molecule has 2 aliphatic carbocycles. The highest BCUT2D eigenvalue weighted by atomic mass is 16.5. The maximum atomic E-state index is 12.5. The lowest BCUT2D eigenvalue weighted by molar-refractivity contribution is -0.140. The van der Waals surface area contributed by atoms with Crippen LogP contribution in [0.2, 0.25) is 0 Å². The molecule has 1 aromatic rings. The van der Waals surface area contributed by atoms with Crippen LogP contribution in [0.4, 0.5) is 11.4 Å². The minimum Gasteiger partial charge on any atom is -0.495 e. The molecule has 25 heavy (non-hydrogen) atoms. The third-order valence-corrected chi connectivity index (χ3v) is 5.05. The number of benzene rings is 1. The van der Waals surface area contributed by atoms with E-state index in [0.717, 1.165) is 12.8 Å². The van der Waals surface area contributed by atoms with E-state index in [9.17, 15) is 19.5 Å². The van der Waals surface area contributed by atoms with Crippen molar-refractivity contribution in [3.63, 3.8) is 0 Å². The van der Waals surface area contributed by atoms with Crippen LogP contribution in [0.3, 0.4) is 0 Å². The molecule has 0 aromatic heterocycles. The SMILES string of the molecule is COc1ccc(NC(=O)C2CC2)cc1NC(=O)[C@@H]1[C@H](C(=O)O)C1(C)C. The number of aliphatic carboxylic acids is 1. The van der Waals surface area contributed by atoms with Crippen molar-refractivity contribution in [3.05, 3.63) is 18.2 Å². The van der Waals surface area contributed by atoms with Gasteiger partial charge in [0.05, 0.1) is 24.6 Å². The predicted octanol–water partition coefficient (Wildman–Crippen LogP) is 2.34. The lowest BCUT2D eigenvalue weighted by Gasteiger charge is -2.13. The summed E-state index contributed by atoms with van der Waals surface area (Å²) >= 11 is 0. The molecule has 0 saturated heterocycles. The van der Waals surface area contributed by atoms with Crippen molar-refractivity contribution in [1.29, 1.82) is 0 Å². The van der Waals surface area contributed by atoms with Gasteiger partial charge in [-0.25, -0.2) is 0 Å². The van der Waals surface area contributed by atoms with E-state index in [1.54, 1.807) is 32.0 Å². The van der Waals surface area contributed by atoms with Crippen molar-refractivity contribution in [2.24, 2.45) is 23.2 Å². The lowest BCUT2D eigenvalue weighted by Crippen LogP contribution is -2.19. The van der Waals surface area contributed by atoms with Crippen molar-refractivity contribution in [3.8, 4) is 5.75 Å². The quantitative estimate of drug-likeness (QED) is 0.733. The normalized spacial score (nSPS) is 23.5. The molecule has 1 aromatic carbocycles. The molecule has 0 aliphatic heterocycles. The number of ether oxygens (including phenoxy) is 1. The standard InChI is InChI=1S/C18H22N2O5/c1-18(2)13(14(18)17(23)24)16(22)20-11-8-10(6-7-12(11)25-3)19-15(21)9-4-5-9/h6-9,13-14H,4-5H2,1-3H3,(H,19,21)(H,20,22)(H,23,24)/t13-,14+/m0/s1. The van der Waals surface area contributed by atoms with Gasteiger partial charge in [-0.2, -0.15) is 0 Å². The maximum Gasteiger partial charge on any atom is 0.307 e. The number of methoxy groups -OCH3 is 1. The van der Waals surface area contributed by atoms with Crippen molar-refractivity contribution < 1.29 is 24.2 Å². The van der Waals surface area contributed by atoms with Crippen LogP contribution in [0, 0.1) is 23.2 Å². The molecule has 0 unspecified atom stereocenters. The highest BCUT2D eigenvalue weighted by Crippen LogP contribution is 2.58. The first-order valence-electron chi connectivity index (χ1n) is 8.28. The van der Waals surface area contributed by atoms with E-state index >= 15 is 0 Å². The summed E-state index contributed by atoms with van der Waals surface area (Å²) in [7, 11) is 1.48. The summed E-state index contributed by atoms with van der Waals surface area (Å²) in [5, 5.41) is 14.8. The van der Waals surface area contributed by atoms with Crippen molar-refractivity contribution in [2.45, 2.75) is 26.7 Å². The zero-order valence-corrected chi connectivity index (χ0v) is 14.5. The second-order valence-electron chi connectivity index (χ2n) is 7.28. The number of carbonyl (C=O) groups excluding carboxylic acids is 2. The molecule has 7 nitrogen and oxygen atoms in total. The fourth-order valence-electron chi connectivity index (χ4n) is 3.27. The molecular weight excluding hydrogens is 324 g/mol. The average Bonchev–Trinajstić information content (AvgIpc) is 3.42. The van der Waals surface area contributed by atoms with E-state index in [4.69, 9.17) is 4.74 Å². The highest BCUT2D eigenvalue weighted by molar-refractivity contribution is 6.01. The van der Waals surface area contributed by atoms with Gasteiger partial charge in [0, 0.05) is 11.6 Å². The first-order valence-corrected chi connectivity index (χ1v) is 8.28. The average molecular weight is 346 g/mol. The minimum atomic E-state index is -0.970. The zero-order valence-electron chi connectivity index (χ0n) is 14.5. The molecule has 2 aliphatic rings. The van der Waals surface area contributed by atoms with Crippen LogP contribution in [0.5, 0.6) is 5.75 Å². The molecule has 0 spiro atoms. The predicted molar refractivity (Wildman–Crippen MR) is 91.4 cm³/mol. The Morgan fingerprint density at radius 1 is 1.12 bits per heavy atom. The Hall–Kier alpha value is -2.57.